The van der Waals surface area contributed by atoms with Crippen LogP contribution >= 0.6 is 0 Å². The van der Waals surface area contributed by atoms with Crippen molar-refractivity contribution in [2.24, 2.45) is 11.7 Å². The van der Waals surface area contributed by atoms with E-state index in [9.17, 15) is 4.79 Å². The Labute approximate surface area is 115 Å². The molecule has 1 aliphatic carbocycles. The molecule has 3 N–H and O–H groups in total. The second-order valence-corrected chi connectivity index (χ2v) is 4.70. The largest absolute Gasteiger partial charge is 0.423 e. The van der Waals surface area contributed by atoms with Gasteiger partial charge in [-0.15, -0.1) is 10.2 Å². The third kappa shape index (κ3) is 2.60. The number of aromatic nitrogens is 2. The molecule has 0 fully saturated rings. The molecule has 0 aliphatic heterocycles. The maximum Gasteiger partial charge on any atom is 0.247 e. The van der Waals surface area contributed by atoms with Crippen LogP contribution < -0.4 is 11.1 Å². The Balaban J connectivity index is 1.73. The monoisotopic (exact) mass is 270 g/mol. The van der Waals surface area contributed by atoms with Gasteiger partial charge in [0.15, 0.2) is 0 Å². The average Bonchev–Trinajstić information content (AvgIpc) is 3.10. The molecule has 6 nitrogen and oxygen atoms in total. The van der Waals surface area contributed by atoms with Crippen LogP contribution in [0.1, 0.15) is 6.42 Å². The predicted molar refractivity (Wildman–Crippen MR) is 73.6 cm³/mol. The number of carbonyl (C=O) groups is 1. The Bertz CT molecular complexity index is 636. The molecule has 1 amide bonds. The molecule has 3 rings (SSSR count). The fourth-order valence-electron chi connectivity index (χ4n) is 2.19. The summed E-state index contributed by atoms with van der Waals surface area (Å²) in [6.07, 6.45) is 5.63. The van der Waals surface area contributed by atoms with Gasteiger partial charge < -0.3 is 15.5 Å². The van der Waals surface area contributed by atoms with E-state index in [-0.39, 0.29) is 17.9 Å². The highest BCUT2D eigenvalue weighted by atomic mass is 16.4. The molecule has 0 bridgehead atoms. The van der Waals surface area contributed by atoms with Crippen LogP contribution in [0.5, 0.6) is 0 Å². The van der Waals surface area contributed by atoms with Gasteiger partial charge in [0.1, 0.15) is 0 Å². The van der Waals surface area contributed by atoms with E-state index >= 15 is 0 Å². The van der Waals surface area contributed by atoms with E-state index < -0.39 is 0 Å². The highest BCUT2D eigenvalue weighted by Gasteiger charge is 2.22. The van der Waals surface area contributed by atoms with Gasteiger partial charge in [0.2, 0.25) is 18.2 Å². The second-order valence-electron chi connectivity index (χ2n) is 4.70. The van der Waals surface area contributed by atoms with Crippen LogP contribution in [-0.4, -0.2) is 22.1 Å². The topological polar surface area (TPSA) is 94.0 Å². The summed E-state index contributed by atoms with van der Waals surface area (Å²) in [6, 6.07) is 7.25. The number of hydrogen-bond donors (Lipinski definition) is 2. The molecule has 1 aromatic heterocycles. The Morgan fingerprint density at radius 1 is 1.40 bits per heavy atom. The highest BCUT2D eigenvalue weighted by molar-refractivity contribution is 5.94. The Hall–Kier alpha value is -2.47. The van der Waals surface area contributed by atoms with E-state index in [1.54, 1.807) is 6.07 Å². The molecule has 6 heteroatoms. The Kier molecular flexibility index (Phi) is 3.30. The number of rotatable bonds is 3. The summed E-state index contributed by atoms with van der Waals surface area (Å²) in [6.45, 7) is 0. The fraction of sp³-hybridized carbons (Fsp3) is 0.214. The van der Waals surface area contributed by atoms with Gasteiger partial charge in [-0.25, -0.2) is 0 Å². The molecule has 2 atom stereocenters. The van der Waals surface area contributed by atoms with Crippen LogP contribution in [0.15, 0.2) is 47.2 Å². The first kappa shape index (κ1) is 12.6. The van der Waals surface area contributed by atoms with Gasteiger partial charge in [-0.3, -0.25) is 4.79 Å². The number of nitrogens with zero attached hydrogens (tertiary/aromatic N) is 2. The number of carbonyl (C=O) groups excluding carboxylic acids is 1. The van der Waals surface area contributed by atoms with E-state index in [0.717, 1.165) is 5.56 Å². The number of benzene rings is 1. The maximum absolute atomic E-state index is 12.1. The summed E-state index contributed by atoms with van der Waals surface area (Å²) < 4.78 is 5.13. The van der Waals surface area contributed by atoms with E-state index in [0.29, 0.717) is 18.0 Å². The molecular formula is C14H14N4O2. The van der Waals surface area contributed by atoms with Crippen LogP contribution in [-0.2, 0) is 4.79 Å². The van der Waals surface area contributed by atoms with Crippen LogP contribution in [0.3, 0.4) is 0 Å². The van der Waals surface area contributed by atoms with Crippen LogP contribution in [0.4, 0.5) is 5.69 Å². The molecule has 2 aromatic rings. The van der Waals surface area contributed by atoms with Crippen molar-refractivity contribution in [1.82, 2.24) is 10.2 Å². The molecule has 20 heavy (non-hydrogen) atoms. The SMILES string of the molecule is NC1C=CC(C(=O)Nc2cccc(-c3nnco3)c2)C1. The minimum Gasteiger partial charge on any atom is -0.423 e. The first-order valence-corrected chi connectivity index (χ1v) is 6.34. The lowest BCUT2D eigenvalue weighted by Gasteiger charge is -2.10. The normalized spacial score (nSPS) is 21.1. The lowest BCUT2D eigenvalue weighted by Crippen LogP contribution is -2.23. The summed E-state index contributed by atoms with van der Waals surface area (Å²) in [5.41, 5.74) is 7.21. The molecule has 0 radical (unpaired) electrons. The second kappa shape index (κ2) is 5.26. The van der Waals surface area contributed by atoms with Crippen molar-refractivity contribution in [2.45, 2.75) is 12.5 Å². The van der Waals surface area contributed by atoms with E-state index in [1.807, 2.05) is 30.4 Å². The van der Waals surface area contributed by atoms with Gasteiger partial charge in [-0.05, 0) is 24.6 Å². The van der Waals surface area contributed by atoms with Crippen molar-refractivity contribution < 1.29 is 9.21 Å². The molecule has 102 valence electrons. The van der Waals surface area contributed by atoms with E-state index in [4.69, 9.17) is 10.2 Å². The third-order valence-corrected chi connectivity index (χ3v) is 3.19. The maximum atomic E-state index is 12.1. The number of anilines is 1. The van der Waals surface area contributed by atoms with Crippen molar-refractivity contribution in [3.63, 3.8) is 0 Å². The summed E-state index contributed by atoms with van der Waals surface area (Å²) >= 11 is 0. The van der Waals surface area contributed by atoms with Gasteiger partial charge >= 0.3 is 0 Å². The molecular weight excluding hydrogens is 256 g/mol. The molecule has 1 aliphatic rings. The first-order chi connectivity index (χ1) is 9.72. The van der Waals surface area contributed by atoms with E-state index in [1.165, 1.54) is 6.39 Å². The van der Waals surface area contributed by atoms with Crippen molar-refractivity contribution >= 4 is 11.6 Å². The van der Waals surface area contributed by atoms with Crippen LogP contribution in [0.2, 0.25) is 0 Å². The summed E-state index contributed by atoms with van der Waals surface area (Å²) in [4.78, 5) is 12.1. The number of nitrogens with two attached hydrogens (primary N) is 1. The number of nitrogens with one attached hydrogen (secondary N) is 1. The van der Waals surface area contributed by atoms with Crippen molar-refractivity contribution in [1.29, 1.82) is 0 Å². The Morgan fingerprint density at radius 3 is 3.00 bits per heavy atom. The fourth-order valence-corrected chi connectivity index (χ4v) is 2.19. The zero-order chi connectivity index (χ0) is 13.9. The number of amides is 1. The van der Waals surface area contributed by atoms with Gasteiger partial charge in [0, 0.05) is 17.3 Å². The predicted octanol–water partition coefficient (Wildman–Crippen LogP) is 1.58. The van der Waals surface area contributed by atoms with Gasteiger partial charge in [-0.2, -0.15) is 0 Å². The molecule has 0 spiro atoms. The third-order valence-electron chi connectivity index (χ3n) is 3.19. The minimum absolute atomic E-state index is 0.0320. The van der Waals surface area contributed by atoms with Crippen molar-refractivity contribution in [2.75, 3.05) is 5.32 Å². The molecule has 1 aromatic carbocycles. The van der Waals surface area contributed by atoms with Crippen molar-refractivity contribution in [3.8, 4) is 11.5 Å². The molecule has 2 unspecified atom stereocenters. The average molecular weight is 270 g/mol. The quantitative estimate of drug-likeness (QED) is 0.826. The van der Waals surface area contributed by atoms with Gasteiger partial charge in [-0.1, -0.05) is 18.2 Å². The highest BCUT2D eigenvalue weighted by Crippen LogP contribution is 2.22. The van der Waals surface area contributed by atoms with Crippen LogP contribution in [0.25, 0.3) is 11.5 Å². The van der Waals surface area contributed by atoms with Crippen LogP contribution in [0, 0.1) is 5.92 Å². The zero-order valence-electron chi connectivity index (χ0n) is 10.7. The first-order valence-electron chi connectivity index (χ1n) is 6.34. The summed E-state index contributed by atoms with van der Waals surface area (Å²) in [7, 11) is 0. The number of hydrogen-bond acceptors (Lipinski definition) is 5. The Morgan fingerprint density at radius 2 is 2.30 bits per heavy atom. The lowest BCUT2D eigenvalue weighted by atomic mass is 10.1. The van der Waals surface area contributed by atoms with E-state index in [2.05, 4.69) is 15.5 Å². The van der Waals surface area contributed by atoms with Crippen molar-refractivity contribution in [3.05, 3.63) is 42.8 Å². The zero-order valence-corrected chi connectivity index (χ0v) is 10.7. The van der Waals surface area contributed by atoms with Gasteiger partial charge in [0.05, 0.1) is 5.92 Å². The summed E-state index contributed by atoms with van der Waals surface area (Å²) in [5, 5.41) is 10.3. The minimum atomic E-state index is -0.169. The smallest absolute Gasteiger partial charge is 0.247 e. The lowest BCUT2D eigenvalue weighted by molar-refractivity contribution is -0.118. The standard InChI is InChI=1S/C14H14N4O2/c15-11-5-4-9(6-11)13(19)17-12-3-1-2-10(7-12)14-18-16-8-20-14/h1-5,7-9,11H,6,15H2,(H,17,19). The summed E-state index contributed by atoms with van der Waals surface area (Å²) in [5.74, 6) is 0.192. The molecule has 0 saturated carbocycles. The molecule has 1 heterocycles. The molecule has 0 saturated heterocycles. The van der Waals surface area contributed by atoms with Gasteiger partial charge in [0.25, 0.3) is 0 Å².